The van der Waals surface area contributed by atoms with E-state index in [2.05, 4.69) is 30.9 Å². The number of nitrogens with zero attached hydrogens (tertiary/aromatic N) is 3. The molecule has 6 heterocycles. The molecule has 0 aliphatic heterocycles. The normalized spacial score (nSPS) is 10.7. The zero-order valence-corrected chi connectivity index (χ0v) is 38.5. The Morgan fingerprint density at radius 2 is 0.761 bits per heavy atom. The highest BCUT2D eigenvalue weighted by Gasteiger charge is 2.24. The van der Waals surface area contributed by atoms with Crippen LogP contribution < -0.4 is 16.0 Å². The Bertz CT molecular complexity index is 3340. The van der Waals surface area contributed by atoms with Gasteiger partial charge in [0.05, 0.1) is 31.2 Å². The molecule has 360 valence electrons. The lowest BCUT2D eigenvalue weighted by Gasteiger charge is -2.09. The Morgan fingerprint density at radius 1 is 0.423 bits per heavy atom. The first-order chi connectivity index (χ1) is 34.0. The molecule has 0 spiro atoms. The molecule has 0 saturated carbocycles. The molecule has 3 amide bonds. The Hall–Kier alpha value is -8.93. The lowest BCUT2D eigenvalue weighted by atomic mass is 10.1. The molecule has 0 unspecified atom stereocenters. The highest BCUT2D eigenvalue weighted by atomic mass is 32.1. The number of pyridine rings is 3. The van der Waals surface area contributed by atoms with Gasteiger partial charge in [0.25, 0.3) is 17.7 Å². The molecule has 0 bridgehead atoms. The van der Waals surface area contributed by atoms with E-state index in [0.717, 1.165) is 10.9 Å². The number of fused-ring (bicyclic) bond motifs is 3. The maximum absolute atomic E-state index is 13.1. The van der Waals surface area contributed by atoms with Gasteiger partial charge in [-0.05, 0) is 82.9 Å². The highest BCUT2D eigenvalue weighted by molar-refractivity contribution is 7.18. The summed E-state index contributed by atoms with van der Waals surface area (Å²) >= 11 is 3.84. The van der Waals surface area contributed by atoms with Crippen LogP contribution in [-0.4, -0.2) is 101 Å². The van der Waals surface area contributed by atoms with Crippen LogP contribution in [0.2, 0.25) is 0 Å². The minimum Gasteiger partial charge on any atom is -0.505 e. The summed E-state index contributed by atoms with van der Waals surface area (Å²) in [5.74, 6) is -7.59. The SMILES string of the molecule is O=C(O)CNC(=O)c1nc(-c2ccc(F)cc2)c2ccsc2c1O.O=C(O)CNC(=O)c1nc(-c2ccc(F)cc2)c2sccc2c1O.O=C(O)CNC(=O)c1nc(-c2ccccc2)c2ccsc2c1O. The van der Waals surface area contributed by atoms with Crippen molar-refractivity contribution in [3.05, 3.63) is 142 Å². The molecule has 0 fully saturated rings. The van der Waals surface area contributed by atoms with Crippen molar-refractivity contribution in [2.24, 2.45) is 0 Å². The number of thiophene rings is 3. The molecule has 0 atom stereocenters. The van der Waals surface area contributed by atoms with Crippen molar-refractivity contribution in [2.75, 3.05) is 19.6 Å². The molecule has 0 saturated heterocycles. The molecule has 18 nitrogen and oxygen atoms in total. The van der Waals surface area contributed by atoms with E-state index >= 15 is 0 Å². The van der Waals surface area contributed by atoms with Crippen LogP contribution in [0.15, 0.2) is 113 Å². The summed E-state index contributed by atoms with van der Waals surface area (Å²) in [6, 6.07) is 25.7. The summed E-state index contributed by atoms with van der Waals surface area (Å²) in [7, 11) is 0. The number of carboxylic acid groups (broad SMARTS) is 3. The third-order valence-electron chi connectivity index (χ3n) is 9.88. The second-order valence-electron chi connectivity index (χ2n) is 14.6. The van der Waals surface area contributed by atoms with Crippen LogP contribution in [0.4, 0.5) is 8.78 Å². The number of aliphatic carboxylic acids is 3. The minimum absolute atomic E-state index is 0.181. The van der Waals surface area contributed by atoms with E-state index in [1.807, 2.05) is 36.4 Å². The third kappa shape index (κ3) is 11.5. The molecule has 9 rings (SSSR count). The van der Waals surface area contributed by atoms with Gasteiger partial charge in [-0.3, -0.25) is 28.8 Å². The monoisotopic (exact) mass is 1020 g/mol. The molecular formula is C48H34F2N6O12S3. The van der Waals surface area contributed by atoms with E-state index < -0.39 is 66.9 Å². The van der Waals surface area contributed by atoms with Gasteiger partial charge < -0.3 is 46.6 Å². The zero-order chi connectivity index (χ0) is 50.9. The van der Waals surface area contributed by atoms with Crippen LogP contribution in [0.1, 0.15) is 31.5 Å². The standard InChI is InChI=1S/2C16H11FN2O4S.C16H12N2O4S/c17-9-3-1-8(2-4-9)12-15-10(5-6-24-15)14(22)13(19-12)16(23)18-7-11(20)21;17-9-3-1-8(2-4-9)12-10-5-6-24-15(10)14(22)13(19-12)16(23)18-7-11(20)21;19-11(20)8-17-16(22)13-14(21)15-10(6-7-23-15)12(18-13)9-4-2-1-3-5-9/h2*1-6,22H,7H2,(H,18,23)(H,20,21);1-7,21H,8H2,(H,17,22)(H,19,20). The molecule has 0 radical (unpaired) electrons. The van der Waals surface area contributed by atoms with Crippen LogP contribution >= 0.6 is 34.0 Å². The average molecular weight is 1020 g/mol. The lowest BCUT2D eigenvalue weighted by molar-refractivity contribution is -0.136. The van der Waals surface area contributed by atoms with Crippen LogP contribution in [0.5, 0.6) is 17.2 Å². The maximum atomic E-state index is 13.1. The van der Waals surface area contributed by atoms with Crippen molar-refractivity contribution in [3.8, 4) is 51.0 Å². The van der Waals surface area contributed by atoms with Gasteiger partial charge in [0.1, 0.15) is 31.3 Å². The number of aromatic nitrogens is 3. The minimum atomic E-state index is -1.21. The van der Waals surface area contributed by atoms with E-state index in [1.165, 1.54) is 82.5 Å². The number of carboxylic acids is 3. The summed E-state index contributed by atoms with van der Waals surface area (Å²) in [5.41, 5.74) is 2.63. The lowest BCUT2D eigenvalue weighted by Crippen LogP contribution is -2.30. The molecule has 9 N–H and O–H groups in total. The Balaban J connectivity index is 0.000000157. The van der Waals surface area contributed by atoms with Gasteiger partial charge in [-0.1, -0.05) is 30.3 Å². The summed E-state index contributed by atoms with van der Waals surface area (Å²) in [6.07, 6.45) is 0. The summed E-state index contributed by atoms with van der Waals surface area (Å²) < 4.78 is 27.9. The number of halogens is 2. The predicted octanol–water partition coefficient (Wildman–Crippen LogP) is 7.73. The van der Waals surface area contributed by atoms with E-state index in [0.29, 0.717) is 53.1 Å². The fourth-order valence-electron chi connectivity index (χ4n) is 6.69. The second kappa shape index (κ2) is 22.0. The quantitative estimate of drug-likeness (QED) is 0.0566. The van der Waals surface area contributed by atoms with Gasteiger partial charge in [0.2, 0.25) is 0 Å². The number of benzene rings is 3. The van der Waals surface area contributed by atoms with Crippen LogP contribution in [-0.2, 0) is 14.4 Å². The number of nitrogens with one attached hydrogen (secondary N) is 3. The first kappa shape index (κ1) is 50.0. The van der Waals surface area contributed by atoms with Crippen molar-refractivity contribution >= 4 is 99.9 Å². The van der Waals surface area contributed by atoms with Crippen LogP contribution in [0.3, 0.4) is 0 Å². The molecule has 71 heavy (non-hydrogen) atoms. The molecular weight excluding hydrogens is 987 g/mol. The fourth-order valence-corrected chi connectivity index (χ4v) is 9.27. The van der Waals surface area contributed by atoms with Crippen molar-refractivity contribution in [2.45, 2.75) is 0 Å². The zero-order valence-electron chi connectivity index (χ0n) is 36.0. The van der Waals surface area contributed by atoms with Crippen molar-refractivity contribution in [3.63, 3.8) is 0 Å². The third-order valence-corrected chi connectivity index (χ3v) is 12.6. The van der Waals surface area contributed by atoms with Gasteiger partial charge in [0, 0.05) is 32.8 Å². The Kier molecular flexibility index (Phi) is 15.5. The number of carbonyl (C=O) groups excluding carboxylic acids is 3. The van der Waals surface area contributed by atoms with E-state index in [-0.39, 0.29) is 34.3 Å². The average Bonchev–Trinajstić information content (AvgIpc) is 4.17. The van der Waals surface area contributed by atoms with Gasteiger partial charge in [0.15, 0.2) is 34.3 Å². The first-order valence-electron chi connectivity index (χ1n) is 20.4. The number of carbonyl (C=O) groups is 6. The second-order valence-corrected chi connectivity index (χ2v) is 17.3. The number of hydrogen-bond acceptors (Lipinski definition) is 15. The summed E-state index contributed by atoms with van der Waals surface area (Å²) in [4.78, 5) is 80.7. The van der Waals surface area contributed by atoms with E-state index in [1.54, 1.807) is 28.3 Å². The summed E-state index contributed by atoms with van der Waals surface area (Å²) in [5, 5.41) is 70.4. The van der Waals surface area contributed by atoms with E-state index in [9.17, 15) is 52.9 Å². The van der Waals surface area contributed by atoms with Gasteiger partial charge >= 0.3 is 17.9 Å². The number of hydrogen-bond donors (Lipinski definition) is 9. The van der Waals surface area contributed by atoms with Crippen LogP contribution in [0, 0.1) is 11.6 Å². The molecule has 0 aliphatic carbocycles. The Morgan fingerprint density at radius 3 is 1.17 bits per heavy atom. The van der Waals surface area contributed by atoms with Gasteiger partial charge in [-0.15, -0.1) is 34.0 Å². The number of amides is 3. The molecule has 6 aromatic heterocycles. The molecule has 23 heteroatoms. The van der Waals surface area contributed by atoms with Gasteiger partial charge in [-0.2, -0.15) is 0 Å². The van der Waals surface area contributed by atoms with Crippen molar-refractivity contribution in [1.29, 1.82) is 0 Å². The highest BCUT2D eigenvalue weighted by Crippen LogP contribution is 2.40. The van der Waals surface area contributed by atoms with E-state index in [4.69, 9.17) is 15.3 Å². The first-order valence-corrected chi connectivity index (χ1v) is 23.0. The molecule has 9 aromatic rings. The predicted molar refractivity (Wildman–Crippen MR) is 260 cm³/mol. The fraction of sp³-hybridized carbons (Fsp3) is 0.0625. The van der Waals surface area contributed by atoms with Crippen molar-refractivity contribution in [1.82, 2.24) is 30.9 Å². The number of rotatable bonds is 12. The molecule has 0 aliphatic rings. The number of aromatic hydroxyl groups is 3. The largest absolute Gasteiger partial charge is 0.505 e. The topological polar surface area (TPSA) is 299 Å². The maximum Gasteiger partial charge on any atom is 0.322 e. The van der Waals surface area contributed by atoms with Crippen molar-refractivity contribution < 1.29 is 68.2 Å². The van der Waals surface area contributed by atoms with Crippen LogP contribution in [0.25, 0.3) is 64.0 Å². The van der Waals surface area contributed by atoms with Gasteiger partial charge in [-0.25, -0.2) is 23.7 Å². The Labute approximate surface area is 409 Å². The smallest absolute Gasteiger partial charge is 0.322 e. The molecule has 3 aromatic carbocycles. The summed E-state index contributed by atoms with van der Waals surface area (Å²) in [6.45, 7) is -1.72.